The molecule has 0 fully saturated rings. The predicted octanol–water partition coefficient (Wildman–Crippen LogP) is 1.76. The number of hydrogen-bond acceptors (Lipinski definition) is 4. The predicted molar refractivity (Wildman–Crippen MR) is 78.9 cm³/mol. The van der Waals surface area contributed by atoms with Gasteiger partial charge in [0.15, 0.2) is 5.69 Å². The molecule has 0 atom stereocenters. The zero-order valence-corrected chi connectivity index (χ0v) is 12.8. The molecule has 0 spiro atoms. The number of carbonyl (C=O) groups is 1. The van der Waals surface area contributed by atoms with Crippen LogP contribution >= 0.6 is 0 Å². The summed E-state index contributed by atoms with van der Waals surface area (Å²) < 4.78 is 33.5. The number of carbonyl (C=O) groups excluding carboxylic acids is 1. The maximum Gasteiger partial charge on any atom is 0.273 e. The summed E-state index contributed by atoms with van der Waals surface area (Å²) >= 11 is 0. The number of nitrogens with zero attached hydrogens (tertiary/aromatic N) is 3. The van der Waals surface area contributed by atoms with Gasteiger partial charge in [-0.05, 0) is 25.5 Å². The average Bonchev–Trinajstić information content (AvgIpc) is 2.99. The molecular formula is C15H18F2N4O2. The Morgan fingerprint density at radius 2 is 2.09 bits per heavy atom. The molecule has 124 valence electrons. The molecule has 0 radical (unpaired) electrons. The van der Waals surface area contributed by atoms with E-state index in [9.17, 15) is 13.6 Å². The zero-order chi connectivity index (χ0) is 16.7. The SMILES string of the molecule is CCOCCCNC(=O)c1cn(Cc2c(F)cccc2F)nn1. The van der Waals surface area contributed by atoms with Gasteiger partial charge in [0.25, 0.3) is 5.91 Å². The Morgan fingerprint density at radius 1 is 1.35 bits per heavy atom. The minimum Gasteiger partial charge on any atom is -0.382 e. The molecule has 0 aliphatic carbocycles. The van der Waals surface area contributed by atoms with Gasteiger partial charge in [0.05, 0.1) is 12.7 Å². The van der Waals surface area contributed by atoms with Crippen LogP contribution in [0.4, 0.5) is 8.78 Å². The summed E-state index contributed by atoms with van der Waals surface area (Å²) in [4.78, 5) is 11.9. The van der Waals surface area contributed by atoms with Crippen LogP contribution in [-0.2, 0) is 11.3 Å². The summed E-state index contributed by atoms with van der Waals surface area (Å²) in [5.41, 5.74) is -0.0285. The van der Waals surface area contributed by atoms with E-state index in [1.807, 2.05) is 6.92 Å². The fourth-order valence-electron chi connectivity index (χ4n) is 1.94. The second-order valence-electron chi connectivity index (χ2n) is 4.81. The van der Waals surface area contributed by atoms with Crippen molar-refractivity contribution in [1.82, 2.24) is 20.3 Å². The Bertz CT molecular complexity index is 640. The molecule has 0 aliphatic heterocycles. The van der Waals surface area contributed by atoms with Crippen LogP contribution in [0.1, 0.15) is 29.4 Å². The van der Waals surface area contributed by atoms with E-state index in [0.717, 1.165) is 0 Å². The third-order valence-electron chi connectivity index (χ3n) is 3.11. The van der Waals surface area contributed by atoms with Gasteiger partial charge in [-0.15, -0.1) is 5.10 Å². The van der Waals surface area contributed by atoms with E-state index >= 15 is 0 Å². The van der Waals surface area contributed by atoms with E-state index in [1.54, 1.807) is 0 Å². The number of aromatic nitrogens is 3. The standard InChI is InChI=1S/C15H18F2N4O2/c1-2-23-8-4-7-18-15(22)14-10-21(20-19-14)9-11-12(16)5-3-6-13(11)17/h3,5-6,10H,2,4,7-9H2,1H3,(H,18,22). The summed E-state index contributed by atoms with van der Waals surface area (Å²) in [5.74, 6) is -1.72. The minimum absolute atomic E-state index is 0.0955. The molecule has 0 aliphatic rings. The van der Waals surface area contributed by atoms with Crippen molar-refractivity contribution >= 4 is 5.91 Å². The molecule has 1 N–H and O–H groups in total. The monoisotopic (exact) mass is 324 g/mol. The number of ether oxygens (including phenoxy) is 1. The lowest BCUT2D eigenvalue weighted by molar-refractivity contribution is 0.0939. The van der Waals surface area contributed by atoms with Crippen LogP contribution in [0.2, 0.25) is 0 Å². The Hall–Kier alpha value is -2.35. The molecule has 2 rings (SSSR count). The van der Waals surface area contributed by atoms with Crippen molar-refractivity contribution in [2.45, 2.75) is 19.9 Å². The molecule has 0 saturated heterocycles. The Balaban J connectivity index is 1.91. The molecule has 0 unspecified atom stereocenters. The molecule has 6 nitrogen and oxygen atoms in total. The van der Waals surface area contributed by atoms with Gasteiger partial charge in [-0.1, -0.05) is 11.3 Å². The van der Waals surface area contributed by atoms with E-state index in [4.69, 9.17) is 4.74 Å². The molecule has 0 saturated carbocycles. The van der Waals surface area contributed by atoms with Gasteiger partial charge in [0, 0.05) is 25.3 Å². The van der Waals surface area contributed by atoms with Crippen molar-refractivity contribution in [3.63, 3.8) is 0 Å². The number of hydrogen-bond donors (Lipinski definition) is 1. The molecule has 1 heterocycles. The first kappa shape index (κ1) is 17.0. The lowest BCUT2D eigenvalue weighted by atomic mass is 10.2. The van der Waals surface area contributed by atoms with Crippen molar-refractivity contribution in [2.75, 3.05) is 19.8 Å². The van der Waals surface area contributed by atoms with Crippen LogP contribution in [0.25, 0.3) is 0 Å². The second-order valence-corrected chi connectivity index (χ2v) is 4.81. The largest absolute Gasteiger partial charge is 0.382 e. The lowest BCUT2D eigenvalue weighted by Crippen LogP contribution is -2.25. The van der Waals surface area contributed by atoms with Crippen LogP contribution < -0.4 is 5.32 Å². The third kappa shape index (κ3) is 4.82. The highest BCUT2D eigenvalue weighted by Crippen LogP contribution is 2.13. The molecule has 1 aromatic carbocycles. The van der Waals surface area contributed by atoms with Crippen LogP contribution in [0.5, 0.6) is 0 Å². The topological polar surface area (TPSA) is 69.0 Å². The molecule has 1 aromatic heterocycles. The summed E-state index contributed by atoms with van der Waals surface area (Å²) in [7, 11) is 0. The van der Waals surface area contributed by atoms with Gasteiger partial charge in [-0.3, -0.25) is 4.79 Å². The Kier molecular flexibility index (Phi) is 6.16. The summed E-state index contributed by atoms with van der Waals surface area (Å²) in [6.45, 7) is 3.41. The van der Waals surface area contributed by atoms with Gasteiger partial charge in [0.1, 0.15) is 11.6 Å². The fourth-order valence-corrected chi connectivity index (χ4v) is 1.94. The van der Waals surface area contributed by atoms with Gasteiger partial charge in [-0.25, -0.2) is 13.5 Å². The van der Waals surface area contributed by atoms with Crippen LogP contribution in [0.15, 0.2) is 24.4 Å². The Morgan fingerprint density at radius 3 is 2.78 bits per heavy atom. The Labute approximate surface area is 132 Å². The maximum absolute atomic E-state index is 13.6. The normalized spacial score (nSPS) is 10.7. The highest BCUT2D eigenvalue weighted by Gasteiger charge is 2.13. The van der Waals surface area contributed by atoms with Crippen molar-refractivity contribution in [3.8, 4) is 0 Å². The smallest absolute Gasteiger partial charge is 0.273 e. The number of nitrogens with one attached hydrogen (secondary N) is 1. The van der Waals surface area contributed by atoms with Gasteiger partial charge in [-0.2, -0.15) is 0 Å². The minimum atomic E-state index is -0.664. The maximum atomic E-state index is 13.6. The highest BCUT2D eigenvalue weighted by atomic mass is 19.1. The first-order valence-electron chi connectivity index (χ1n) is 7.30. The van der Waals surface area contributed by atoms with Gasteiger partial charge < -0.3 is 10.1 Å². The molecule has 2 aromatic rings. The molecule has 8 heteroatoms. The molecule has 0 bridgehead atoms. The fraction of sp³-hybridized carbons (Fsp3) is 0.400. The zero-order valence-electron chi connectivity index (χ0n) is 12.8. The van der Waals surface area contributed by atoms with Crippen LogP contribution in [0.3, 0.4) is 0 Å². The second kappa shape index (κ2) is 8.33. The average molecular weight is 324 g/mol. The van der Waals surface area contributed by atoms with Crippen molar-refractivity contribution in [1.29, 1.82) is 0 Å². The van der Waals surface area contributed by atoms with Gasteiger partial charge in [0.2, 0.25) is 0 Å². The van der Waals surface area contributed by atoms with Gasteiger partial charge >= 0.3 is 0 Å². The molecule has 1 amide bonds. The van der Waals surface area contributed by atoms with Crippen LogP contribution in [0, 0.1) is 11.6 Å². The van der Waals surface area contributed by atoms with Crippen molar-refractivity contribution in [2.24, 2.45) is 0 Å². The van der Waals surface area contributed by atoms with E-state index < -0.39 is 11.6 Å². The highest BCUT2D eigenvalue weighted by molar-refractivity contribution is 5.91. The number of benzene rings is 1. The summed E-state index contributed by atoms with van der Waals surface area (Å²) in [6, 6.07) is 3.62. The van der Waals surface area contributed by atoms with E-state index in [1.165, 1.54) is 29.1 Å². The van der Waals surface area contributed by atoms with Crippen molar-refractivity contribution < 1.29 is 18.3 Å². The van der Waals surface area contributed by atoms with E-state index in [0.29, 0.717) is 26.2 Å². The quantitative estimate of drug-likeness (QED) is 0.751. The summed E-state index contributed by atoms with van der Waals surface area (Å²) in [5, 5.41) is 10.1. The number of rotatable bonds is 8. The van der Waals surface area contributed by atoms with E-state index in [-0.39, 0.29) is 23.7 Å². The number of halogens is 2. The first-order valence-corrected chi connectivity index (χ1v) is 7.30. The lowest BCUT2D eigenvalue weighted by Gasteiger charge is -2.04. The third-order valence-corrected chi connectivity index (χ3v) is 3.11. The van der Waals surface area contributed by atoms with Crippen LogP contribution in [-0.4, -0.2) is 40.7 Å². The first-order chi connectivity index (χ1) is 11.1. The molecule has 23 heavy (non-hydrogen) atoms. The number of amides is 1. The van der Waals surface area contributed by atoms with Crippen molar-refractivity contribution in [3.05, 3.63) is 47.3 Å². The summed E-state index contributed by atoms with van der Waals surface area (Å²) in [6.07, 6.45) is 2.04. The van der Waals surface area contributed by atoms with E-state index in [2.05, 4.69) is 15.6 Å². The molecular weight excluding hydrogens is 306 g/mol.